The smallest absolute Gasteiger partial charge is 0.416 e. The van der Waals surface area contributed by atoms with E-state index in [4.69, 9.17) is 0 Å². The van der Waals surface area contributed by atoms with Crippen molar-refractivity contribution in [2.24, 2.45) is 10.2 Å². The Bertz CT molecular complexity index is 1440. The number of rotatable bonds is 7. The minimum atomic E-state index is -4.45. The molecule has 3 aromatic carbocycles. The second-order valence-electron chi connectivity index (χ2n) is 7.48. The predicted molar refractivity (Wildman–Crippen MR) is 127 cm³/mol. The minimum Gasteiger partial charge on any atom is -0.478 e. The van der Waals surface area contributed by atoms with Crippen LogP contribution in [0.25, 0.3) is 11.3 Å². The number of anilines is 2. The SMILES string of the molecule is O=C(O)c1cc(N=Nc2cccc(-c3csc(Nc4cccc(C(F)(F)F)c4)n3)c2)cc(C(O)O)c1. The van der Waals surface area contributed by atoms with Crippen LogP contribution >= 0.6 is 11.3 Å². The average molecular weight is 514 g/mol. The van der Waals surface area contributed by atoms with Gasteiger partial charge in [-0.05, 0) is 48.5 Å². The fourth-order valence-corrected chi connectivity index (χ4v) is 3.91. The van der Waals surface area contributed by atoms with Crippen molar-refractivity contribution >= 4 is 39.5 Å². The Morgan fingerprint density at radius 1 is 0.972 bits per heavy atom. The van der Waals surface area contributed by atoms with Crippen molar-refractivity contribution in [1.29, 1.82) is 0 Å². The number of aromatic nitrogens is 1. The van der Waals surface area contributed by atoms with Crippen molar-refractivity contribution in [2.45, 2.75) is 12.5 Å². The lowest BCUT2D eigenvalue weighted by Crippen LogP contribution is -2.05. The second kappa shape index (κ2) is 10.2. The van der Waals surface area contributed by atoms with Gasteiger partial charge in [0, 0.05) is 22.2 Å². The molecule has 0 fully saturated rings. The largest absolute Gasteiger partial charge is 0.478 e. The number of carboxylic acid groups (broad SMARTS) is 1. The summed E-state index contributed by atoms with van der Waals surface area (Å²) in [5.74, 6) is -1.26. The van der Waals surface area contributed by atoms with E-state index in [-0.39, 0.29) is 22.5 Å². The molecule has 4 aromatic rings. The summed E-state index contributed by atoms with van der Waals surface area (Å²) >= 11 is 1.22. The molecule has 8 nitrogen and oxygen atoms in total. The number of aliphatic hydroxyl groups excluding tert-OH is 1. The summed E-state index contributed by atoms with van der Waals surface area (Å²) in [6.07, 6.45) is -6.32. The summed E-state index contributed by atoms with van der Waals surface area (Å²) in [5.41, 5.74) is 1.04. The lowest BCUT2D eigenvalue weighted by atomic mass is 10.1. The van der Waals surface area contributed by atoms with Crippen molar-refractivity contribution in [3.8, 4) is 11.3 Å². The van der Waals surface area contributed by atoms with Crippen LogP contribution in [0.15, 0.2) is 82.3 Å². The Hall–Kier alpha value is -4.13. The monoisotopic (exact) mass is 514 g/mol. The van der Waals surface area contributed by atoms with Crippen LogP contribution in [0.4, 0.5) is 35.4 Å². The first-order chi connectivity index (χ1) is 17.1. The summed E-state index contributed by atoms with van der Waals surface area (Å²) in [6, 6.07) is 15.3. The molecule has 0 radical (unpaired) electrons. The van der Waals surface area contributed by atoms with E-state index in [1.54, 1.807) is 29.6 Å². The quantitative estimate of drug-likeness (QED) is 0.161. The number of carbonyl (C=O) groups is 1. The van der Waals surface area contributed by atoms with Gasteiger partial charge >= 0.3 is 12.1 Å². The number of benzene rings is 3. The van der Waals surface area contributed by atoms with Gasteiger partial charge in [-0.3, -0.25) is 0 Å². The molecule has 0 saturated carbocycles. The van der Waals surface area contributed by atoms with Crippen LogP contribution in [-0.2, 0) is 6.18 Å². The molecule has 0 bridgehead atoms. The maximum absolute atomic E-state index is 12.9. The molecule has 1 heterocycles. The molecule has 0 unspecified atom stereocenters. The first kappa shape index (κ1) is 25.0. The van der Waals surface area contributed by atoms with Gasteiger partial charge in [0.15, 0.2) is 11.4 Å². The number of aliphatic hydroxyl groups is 2. The molecule has 36 heavy (non-hydrogen) atoms. The van der Waals surface area contributed by atoms with Crippen LogP contribution in [0.1, 0.15) is 27.8 Å². The first-order valence-electron chi connectivity index (χ1n) is 10.2. The standard InChI is InChI=1S/C24H17F3N4O4S/c25-24(26,27)16-4-2-5-17(11-16)28-23-29-20(12-36-23)13-3-1-6-18(8-13)30-31-19-9-14(21(32)33)7-15(10-19)22(34)35/h1-12,21,32-33H,(H,28,29)(H,34,35). The van der Waals surface area contributed by atoms with Gasteiger partial charge in [-0.25, -0.2) is 9.78 Å². The third kappa shape index (κ3) is 6.10. The van der Waals surface area contributed by atoms with Gasteiger partial charge in [0.1, 0.15) is 0 Å². The van der Waals surface area contributed by atoms with Gasteiger partial charge in [0.05, 0.1) is 28.2 Å². The van der Waals surface area contributed by atoms with Gasteiger partial charge in [0.25, 0.3) is 0 Å². The van der Waals surface area contributed by atoms with Crippen LogP contribution in [0.2, 0.25) is 0 Å². The Balaban J connectivity index is 1.54. The summed E-state index contributed by atoms with van der Waals surface area (Å²) in [6.45, 7) is 0. The Labute approximate surface area is 206 Å². The molecule has 0 aliphatic rings. The molecule has 4 N–H and O–H groups in total. The predicted octanol–water partition coefficient (Wildman–Crippen LogP) is 6.67. The first-order valence-corrected chi connectivity index (χ1v) is 11.1. The molecule has 0 aliphatic heterocycles. The molecular weight excluding hydrogens is 497 g/mol. The van der Waals surface area contributed by atoms with Crippen molar-refractivity contribution in [2.75, 3.05) is 5.32 Å². The van der Waals surface area contributed by atoms with Crippen molar-refractivity contribution in [3.63, 3.8) is 0 Å². The van der Waals surface area contributed by atoms with E-state index in [9.17, 15) is 33.3 Å². The number of hydrogen-bond donors (Lipinski definition) is 4. The molecule has 0 aliphatic carbocycles. The van der Waals surface area contributed by atoms with Gasteiger partial charge in [-0.15, -0.1) is 11.3 Å². The third-order valence-corrected chi connectivity index (χ3v) is 5.61. The second-order valence-corrected chi connectivity index (χ2v) is 8.34. The highest BCUT2D eigenvalue weighted by Gasteiger charge is 2.30. The fourth-order valence-electron chi connectivity index (χ4n) is 3.17. The maximum atomic E-state index is 12.9. The zero-order chi connectivity index (χ0) is 25.9. The molecule has 0 atom stereocenters. The van der Waals surface area contributed by atoms with Gasteiger partial charge in [-0.2, -0.15) is 23.4 Å². The molecule has 4 rings (SSSR count). The molecule has 0 saturated heterocycles. The topological polar surface area (TPSA) is 127 Å². The average Bonchev–Trinajstić information content (AvgIpc) is 3.31. The fraction of sp³-hybridized carbons (Fsp3) is 0.0833. The van der Waals surface area contributed by atoms with Crippen LogP contribution in [-0.4, -0.2) is 26.3 Å². The van der Waals surface area contributed by atoms with E-state index >= 15 is 0 Å². The summed E-state index contributed by atoms with van der Waals surface area (Å²) in [7, 11) is 0. The molecule has 184 valence electrons. The normalized spacial score (nSPS) is 11.8. The highest BCUT2D eigenvalue weighted by Crippen LogP contribution is 2.33. The molecule has 0 amide bonds. The van der Waals surface area contributed by atoms with E-state index < -0.39 is 24.0 Å². The number of carboxylic acids is 1. The highest BCUT2D eigenvalue weighted by atomic mass is 32.1. The van der Waals surface area contributed by atoms with Crippen molar-refractivity contribution in [1.82, 2.24) is 4.98 Å². The van der Waals surface area contributed by atoms with Crippen LogP contribution in [0, 0.1) is 0 Å². The number of halogens is 3. The number of hydrogen-bond acceptors (Lipinski definition) is 8. The van der Waals surface area contributed by atoms with Crippen LogP contribution in [0.3, 0.4) is 0 Å². The van der Waals surface area contributed by atoms with Gasteiger partial charge < -0.3 is 20.6 Å². The summed E-state index contributed by atoms with van der Waals surface area (Å²) in [4.78, 5) is 15.7. The maximum Gasteiger partial charge on any atom is 0.416 e. The van der Waals surface area contributed by atoms with Crippen LogP contribution in [0.5, 0.6) is 0 Å². The van der Waals surface area contributed by atoms with E-state index in [2.05, 4.69) is 20.5 Å². The van der Waals surface area contributed by atoms with E-state index in [1.807, 2.05) is 0 Å². The van der Waals surface area contributed by atoms with Crippen molar-refractivity contribution < 1.29 is 33.3 Å². The third-order valence-electron chi connectivity index (χ3n) is 4.85. The Morgan fingerprint density at radius 3 is 2.44 bits per heavy atom. The lowest BCUT2D eigenvalue weighted by molar-refractivity contribution is -0.137. The zero-order valence-electron chi connectivity index (χ0n) is 18.1. The van der Waals surface area contributed by atoms with E-state index in [1.165, 1.54) is 35.6 Å². The number of nitrogens with one attached hydrogen (secondary N) is 1. The minimum absolute atomic E-state index is 0.0409. The Kier molecular flexibility index (Phi) is 7.10. The summed E-state index contributed by atoms with van der Waals surface area (Å²) < 4.78 is 38.8. The molecule has 0 spiro atoms. The number of thiazole rings is 1. The lowest BCUT2D eigenvalue weighted by Gasteiger charge is -2.08. The van der Waals surface area contributed by atoms with E-state index in [0.717, 1.165) is 18.2 Å². The molecule has 12 heteroatoms. The molecule has 1 aromatic heterocycles. The number of nitrogens with zero attached hydrogens (tertiary/aromatic N) is 3. The number of alkyl halides is 3. The Morgan fingerprint density at radius 2 is 1.72 bits per heavy atom. The molecular formula is C24H17F3N4O4S. The number of aromatic carboxylic acids is 1. The zero-order valence-corrected chi connectivity index (χ0v) is 19.0. The van der Waals surface area contributed by atoms with Gasteiger partial charge in [-0.1, -0.05) is 18.2 Å². The van der Waals surface area contributed by atoms with Gasteiger partial charge in [0.2, 0.25) is 0 Å². The highest BCUT2D eigenvalue weighted by molar-refractivity contribution is 7.14. The summed E-state index contributed by atoms with van der Waals surface area (Å²) in [5, 5.41) is 41.1. The number of azo groups is 1. The van der Waals surface area contributed by atoms with Crippen LogP contribution < -0.4 is 5.32 Å². The van der Waals surface area contributed by atoms with E-state index in [0.29, 0.717) is 22.1 Å². The van der Waals surface area contributed by atoms with Crippen molar-refractivity contribution in [3.05, 3.63) is 88.8 Å².